The quantitative estimate of drug-likeness (QED) is 0.553. The predicted octanol–water partition coefficient (Wildman–Crippen LogP) is 1.47. The third kappa shape index (κ3) is 1.67. The molecule has 0 saturated heterocycles. The van der Waals surface area contributed by atoms with E-state index in [1.807, 2.05) is 0 Å². The van der Waals surface area contributed by atoms with Crippen LogP contribution in [0.4, 0.5) is 0 Å². The van der Waals surface area contributed by atoms with Crippen LogP contribution in [-0.2, 0) is 0 Å². The Bertz CT molecular complexity index is 70.9. The minimum atomic E-state index is 0.840. The Kier molecular flexibility index (Phi) is 2.20. The van der Waals surface area contributed by atoms with E-state index >= 15 is 0 Å². The van der Waals surface area contributed by atoms with Crippen LogP contribution in [0.3, 0.4) is 0 Å². The topological polar surface area (TPSA) is 12.0 Å². The molecule has 1 saturated carbocycles. The van der Waals surface area contributed by atoms with E-state index in [-0.39, 0.29) is 0 Å². The normalized spacial score (nSPS) is 23.2. The monoisotopic (exact) mass is 131 g/mol. The highest BCUT2D eigenvalue weighted by atomic mass is 32.1. The maximum Gasteiger partial charge on any atom is 0.00845 e. The second kappa shape index (κ2) is 2.74. The summed E-state index contributed by atoms with van der Waals surface area (Å²) in [4.78, 5) is 0. The third-order valence-corrected chi connectivity index (χ3v) is 2.02. The van der Waals surface area contributed by atoms with Crippen LogP contribution < -0.4 is 4.72 Å². The fourth-order valence-electron chi connectivity index (χ4n) is 0.976. The molecule has 0 aromatic carbocycles. The molecule has 1 N–H and O–H groups in total. The van der Waals surface area contributed by atoms with E-state index in [0.29, 0.717) is 0 Å². The van der Waals surface area contributed by atoms with Crippen LogP contribution in [0.25, 0.3) is 0 Å². The number of hydrogen-bond donors (Lipinski definition) is 2. The first-order valence-electron chi connectivity index (χ1n) is 3.21. The van der Waals surface area contributed by atoms with Crippen molar-refractivity contribution in [2.45, 2.75) is 19.8 Å². The van der Waals surface area contributed by atoms with Crippen LogP contribution in [-0.4, -0.2) is 6.54 Å². The minimum Gasteiger partial charge on any atom is -0.267 e. The SMILES string of the molecule is CC(CNS)C1CC1. The van der Waals surface area contributed by atoms with E-state index in [9.17, 15) is 0 Å². The molecule has 0 spiro atoms. The molecular weight excluding hydrogens is 118 g/mol. The molecule has 8 heavy (non-hydrogen) atoms. The lowest BCUT2D eigenvalue weighted by molar-refractivity contribution is 0.509. The maximum atomic E-state index is 3.93. The van der Waals surface area contributed by atoms with Gasteiger partial charge in [0.05, 0.1) is 0 Å². The number of rotatable bonds is 3. The van der Waals surface area contributed by atoms with Gasteiger partial charge in [0.25, 0.3) is 0 Å². The highest BCUT2D eigenvalue weighted by molar-refractivity contribution is 7.78. The van der Waals surface area contributed by atoms with Crippen molar-refractivity contribution in [3.63, 3.8) is 0 Å². The average molecular weight is 131 g/mol. The van der Waals surface area contributed by atoms with Gasteiger partial charge < -0.3 is 0 Å². The van der Waals surface area contributed by atoms with Gasteiger partial charge in [0.1, 0.15) is 0 Å². The van der Waals surface area contributed by atoms with E-state index in [1.54, 1.807) is 0 Å². The van der Waals surface area contributed by atoms with Gasteiger partial charge >= 0.3 is 0 Å². The Hall–Kier alpha value is 0.310. The van der Waals surface area contributed by atoms with Crippen LogP contribution in [0.15, 0.2) is 0 Å². The zero-order valence-electron chi connectivity index (χ0n) is 5.22. The van der Waals surface area contributed by atoms with Crippen molar-refractivity contribution in [2.75, 3.05) is 6.54 Å². The summed E-state index contributed by atoms with van der Waals surface area (Å²) < 4.78 is 2.88. The molecule has 0 aliphatic heterocycles. The molecule has 0 heterocycles. The molecule has 1 atom stereocenters. The molecule has 1 nitrogen and oxygen atoms in total. The second-order valence-corrected chi connectivity index (χ2v) is 2.99. The lowest BCUT2D eigenvalue weighted by atomic mass is 10.1. The van der Waals surface area contributed by atoms with Gasteiger partial charge in [0, 0.05) is 6.54 Å². The second-order valence-electron chi connectivity index (χ2n) is 2.68. The molecule has 1 unspecified atom stereocenters. The first-order chi connectivity index (χ1) is 3.84. The lowest BCUT2D eigenvalue weighted by Crippen LogP contribution is -2.13. The first-order valence-corrected chi connectivity index (χ1v) is 3.66. The summed E-state index contributed by atoms with van der Waals surface area (Å²) in [5.41, 5.74) is 0. The zero-order chi connectivity index (χ0) is 5.98. The highest BCUT2D eigenvalue weighted by Gasteiger charge is 2.26. The molecule has 0 aromatic rings. The first kappa shape index (κ1) is 6.43. The van der Waals surface area contributed by atoms with E-state index < -0.39 is 0 Å². The smallest absolute Gasteiger partial charge is 0.00845 e. The molecule has 1 rings (SSSR count). The molecule has 2 heteroatoms. The molecular formula is C6H13NS. The predicted molar refractivity (Wildman–Crippen MR) is 38.9 cm³/mol. The van der Waals surface area contributed by atoms with Gasteiger partial charge in [0.2, 0.25) is 0 Å². The summed E-state index contributed by atoms with van der Waals surface area (Å²) in [6, 6.07) is 0. The van der Waals surface area contributed by atoms with Crippen molar-refractivity contribution in [1.82, 2.24) is 4.72 Å². The highest BCUT2D eigenvalue weighted by Crippen LogP contribution is 2.35. The van der Waals surface area contributed by atoms with Crippen LogP contribution in [0.2, 0.25) is 0 Å². The van der Waals surface area contributed by atoms with Crippen molar-refractivity contribution in [3.05, 3.63) is 0 Å². The number of nitrogens with one attached hydrogen (secondary N) is 1. The fourth-order valence-corrected chi connectivity index (χ4v) is 1.26. The summed E-state index contributed by atoms with van der Waals surface area (Å²) in [6.07, 6.45) is 2.88. The summed E-state index contributed by atoms with van der Waals surface area (Å²) >= 11 is 3.93. The fraction of sp³-hybridized carbons (Fsp3) is 1.00. The third-order valence-electron chi connectivity index (χ3n) is 1.84. The Morgan fingerprint density at radius 1 is 1.75 bits per heavy atom. The van der Waals surface area contributed by atoms with Crippen LogP contribution >= 0.6 is 12.8 Å². The summed E-state index contributed by atoms with van der Waals surface area (Å²) in [7, 11) is 0. The molecule has 0 aromatic heterocycles. The number of hydrogen-bond acceptors (Lipinski definition) is 2. The van der Waals surface area contributed by atoms with Gasteiger partial charge in [-0.15, -0.1) is 0 Å². The zero-order valence-corrected chi connectivity index (χ0v) is 6.12. The van der Waals surface area contributed by atoms with Crippen molar-refractivity contribution in [3.8, 4) is 0 Å². The van der Waals surface area contributed by atoms with Gasteiger partial charge in [-0.05, 0) is 24.7 Å². The summed E-state index contributed by atoms with van der Waals surface area (Å²) in [5.74, 6) is 1.85. The molecule has 0 radical (unpaired) electrons. The van der Waals surface area contributed by atoms with Gasteiger partial charge in [0.15, 0.2) is 0 Å². The van der Waals surface area contributed by atoms with E-state index in [4.69, 9.17) is 0 Å². The largest absolute Gasteiger partial charge is 0.267 e. The maximum absolute atomic E-state index is 3.93. The van der Waals surface area contributed by atoms with Gasteiger partial charge in [-0.3, -0.25) is 4.72 Å². The Morgan fingerprint density at radius 3 is 2.75 bits per heavy atom. The van der Waals surface area contributed by atoms with Crippen molar-refractivity contribution in [1.29, 1.82) is 0 Å². The Morgan fingerprint density at radius 2 is 2.38 bits per heavy atom. The molecule has 48 valence electrons. The van der Waals surface area contributed by atoms with Gasteiger partial charge in [-0.25, -0.2) is 0 Å². The molecule has 0 amide bonds. The Balaban J connectivity index is 2.03. The molecule has 1 aliphatic rings. The lowest BCUT2D eigenvalue weighted by Gasteiger charge is -2.05. The Labute approximate surface area is 56.4 Å². The van der Waals surface area contributed by atoms with Crippen LogP contribution in [0, 0.1) is 11.8 Å². The van der Waals surface area contributed by atoms with E-state index in [0.717, 1.165) is 18.4 Å². The minimum absolute atomic E-state index is 0.840. The molecule has 1 fully saturated rings. The van der Waals surface area contributed by atoms with Gasteiger partial charge in [-0.1, -0.05) is 19.7 Å². The average Bonchev–Trinajstić information content (AvgIpc) is 2.45. The van der Waals surface area contributed by atoms with Crippen LogP contribution in [0.1, 0.15) is 19.8 Å². The standard InChI is InChI=1S/C6H13NS/c1-5(4-7-8)6-2-3-6/h5-8H,2-4H2,1H3. The van der Waals surface area contributed by atoms with Crippen molar-refractivity contribution < 1.29 is 0 Å². The van der Waals surface area contributed by atoms with Crippen LogP contribution in [0.5, 0.6) is 0 Å². The molecule has 1 aliphatic carbocycles. The number of thiol groups is 1. The summed E-state index contributed by atoms with van der Waals surface area (Å²) in [6.45, 7) is 3.34. The summed E-state index contributed by atoms with van der Waals surface area (Å²) in [5, 5.41) is 0. The van der Waals surface area contributed by atoms with Crippen molar-refractivity contribution in [2.24, 2.45) is 11.8 Å². The van der Waals surface area contributed by atoms with E-state index in [1.165, 1.54) is 12.8 Å². The van der Waals surface area contributed by atoms with Crippen molar-refractivity contribution >= 4 is 12.8 Å². The van der Waals surface area contributed by atoms with Gasteiger partial charge in [-0.2, -0.15) is 0 Å². The van der Waals surface area contributed by atoms with E-state index in [2.05, 4.69) is 24.5 Å². The molecule has 0 bridgehead atoms.